The van der Waals surface area contributed by atoms with Crippen LogP contribution in [0.3, 0.4) is 0 Å². The molecule has 0 aromatic carbocycles. The van der Waals surface area contributed by atoms with E-state index in [-0.39, 0.29) is 12.1 Å². The zero-order chi connectivity index (χ0) is 22.2. The molecule has 0 bridgehead atoms. The van der Waals surface area contributed by atoms with Crippen LogP contribution in [0.25, 0.3) is 0 Å². The van der Waals surface area contributed by atoms with Gasteiger partial charge in [-0.25, -0.2) is 0 Å². The molecule has 2 saturated heterocycles. The Hall–Kier alpha value is -1.82. The van der Waals surface area contributed by atoms with Crippen molar-refractivity contribution < 1.29 is 19.1 Å². The number of thiophene rings is 2. The van der Waals surface area contributed by atoms with Gasteiger partial charge in [0.25, 0.3) is 0 Å². The Morgan fingerprint density at radius 1 is 0.781 bits per heavy atom. The van der Waals surface area contributed by atoms with Crippen LogP contribution in [0.1, 0.15) is 21.8 Å². The van der Waals surface area contributed by atoms with Gasteiger partial charge in [0.15, 0.2) is 0 Å². The van der Waals surface area contributed by atoms with Gasteiger partial charge in [0.1, 0.15) is 0 Å². The number of amides is 2. The van der Waals surface area contributed by atoms with E-state index in [1.54, 1.807) is 22.7 Å². The van der Waals surface area contributed by atoms with Crippen molar-refractivity contribution in [2.24, 2.45) is 0 Å². The van der Waals surface area contributed by atoms with Gasteiger partial charge in [0.2, 0.25) is 0 Å². The van der Waals surface area contributed by atoms with E-state index in [2.05, 4.69) is 32.6 Å². The largest absolute Gasteiger partial charge is 0.379 e. The molecule has 2 unspecified atom stereocenters. The summed E-state index contributed by atoms with van der Waals surface area (Å²) in [4.78, 5) is 32.1. The first kappa shape index (κ1) is 23.3. The number of hydrogen-bond acceptors (Lipinski definition) is 8. The van der Waals surface area contributed by atoms with E-state index in [0.29, 0.717) is 39.5 Å². The van der Waals surface area contributed by atoms with E-state index >= 15 is 0 Å². The highest BCUT2D eigenvalue weighted by atomic mass is 32.1. The molecule has 32 heavy (non-hydrogen) atoms. The fraction of sp³-hybridized carbons (Fsp3) is 0.545. The van der Waals surface area contributed by atoms with Crippen molar-refractivity contribution in [1.29, 1.82) is 0 Å². The monoisotopic (exact) mass is 478 g/mol. The van der Waals surface area contributed by atoms with Crippen LogP contribution in [0.5, 0.6) is 0 Å². The Balaban J connectivity index is 1.31. The highest BCUT2D eigenvalue weighted by Gasteiger charge is 2.27. The number of hydrogen-bond donors (Lipinski definition) is 2. The normalized spacial score (nSPS) is 19.9. The molecule has 2 aromatic heterocycles. The third-order valence-electron chi connectivity index (χ3n) is 5.83. The van der Waals surface area contributed by atoms with Gasteiger partial charge in [0, 0.05) is 49.0 Å². The standard InChI is InChI=1S/C22H30N4O4S2/c27-21(23-15-17(19-3-1-13-31-19)25-5-9-29-10-6-25)22(28)24-16-18(20-4-2-14-32-20)26-7-11-30-12-8-26/h1-4,13-14,17-18H,5-12,15-16H2,(H,23,27)(H,24,28). The molecule has 10 heteroatoms. The molecule has 2 N–H and O–H groups in total. The smallest absolute Gasteiger partial charge is 0.309 e. The number of nitrogens with zero attached hydrogens (tertiary/aromatic N) is 2. The van der Waals surface area contributed by atoms with Crippen LogP contribution < -0.4 is 10.6 Å². The topological polar surface area (TPSA) is 83.1 Å². The highest BCUT2D eigenvalue weighted by Crippen LogP contribution is 2.26. The summed E-state index contributed by atoms with van der Waals surface area (Å²) in [5, 5.41) is 9.77. The minimum absolute atomic E-state index is 0.0443. The molecule has 2 fully saturated rings. The predicted molar refractivity (Wildman–Crippen MR) is 125 cm³/mol. The Kier molecular flexibility index (Phi) is 8.66. The number of nitrogens with one attached hydrogen (secondary N) is 2. The van der Waals surface area contributed by atoms with Crippen LogP contribution in [0, 0.1) is 0 Å². The number of rotatable bonds is 8. The Bertz CT molecular complexity index is 764. The molecular formula is C22H30N4O4S2. The second-order valence-corrected chi connectivity index (χ2v) is 9.74. The average Bonchev–Trinajstić information content (AvgIpc) is 3.56. The molecular weight excluding hydrogens is 448 g/mol. The summed E-state index contributed by atoms with van der Waals surface area (Å²) in [5.74, 6) is -1.18. The number of carbonyl (C=O) groups excluding carboxylic acids is 2. The van der Waals surface area contributed by atoms with Gasteiger partial charge in [-0.15, -0.1) is 22.7 Å². The minimum Gasteiger partial charge on any atom is -0.379 e. The van der Waals surface area contributed by atoms with Crippen LogP contribution in [-0.4, -0.2) is 87.3 Å². The molecule has 2 atom stereocenters. The fourth-order valence-corrected chi connectivity index (χ4v) is 5.82. The van der Waals surface area contributed by atoms with Crippen molar-refractivity contribution in [3.63, 3.8) is 0 Å². The molecule has 0 aliphatic carbocycles. The van der Waals surface area contributed by atoms with E-state index in [0.717, 1.165) is 26.2 Å². The maximum Gasteiger partial charge on any atom is 0.309 e. The quantitative estimate of drug-likeness (QED) is 0.560. The summed E-state index contributed by atoms with van der Waals surface area (Å²) in [7, 11) is 0. The summed E-state index contributed by atoms with van der Waals surface area (Å²) < 4.78 is 10.9. The Morgan fingerprint density at radius 2 is 1.19 bits per heavy atom. The molecule has 2 amide bonds. The van der Waals surface area contributed by atoms with Crippen molar-refractivity contribution in [2.45, 2.75) is 12.1 Å². The molecule has 4 heterocycles. The first-order chi connectivity index (χ1) is 15.7. The second-order valence-electron chi connectivity index (χ2n) is 7.78. The van der Waals surface area contributed by atoms with E-state index in [1.807, 2.05) is 22.9 Å². The average molecular weight is 479 g/mol. The van der Waals surface area contributed by atoms with E-state index < -0.39 is 11.8 Å². The molecule has 0 spiro atoms. The van der Waals surface area contributed by atoms with Crippen LogP contribution in [0.4, 0.5) is 0 Å². The van der Waals surface area contributed by atoms with Gasteiger partial charge in [-0.2, -0.15) is 0 Å². The van der Waals surface area contributed by atoms with E-state index in [1.165, 1.54) is 9.75 Å². The predicted octanol–water partition coefficient (Wildman–Crippen LogP) is 1.49. The summed E-state index contributed by atoms with van der Waals surface area (Å²) in [6.45, 7) is 6.77. The molecule has 4 rings (SSSR count). The molecule has 2 aliphatic heterocycles. The molecule has 0 saturated carbocycles. The van der Waals surface area contributed by atoms with Crippen LogP contribution in [0.15, 0.2) is 35.0 Å². The summed E-state index contributed by atoms with van der Waals surface area (Å²) >= 11 is 3.33. The lowest BCUT2D eigenvalue weighted by atomic mass is 10.1. The van der Waals surface area contributed by atoms with Crippen LogP contribution in [0.2, 0.25) is 0 Å². The van der Waals surface area contributed by atoms with Crippen molar-refractivity contribution in [1.82, 2.24) is 20.4 Å². The summed E-state index contributed by atoms with van der Waals surface area (Å²) in [6.07, 6.45) is 0. The number of carbonyl (C=O) groups is 2. The Labute approximate surface area is 196 Å². The zero-order valence-electron chi connectivity index (χ0n) is 18.0. The van der Waals surface area contributed by atoms with Crippen molar-refractivity contribution in [3.05, 3.63) is 44.8 Å². The van der Waals surface area contributed by atoms with Gasteiger partial charge >= 0.3 is 11.8 Å². The van der Waals surface area contributed by atoms with Gasteiger partial charge in [0.05, 0.1) is 38.5 Å². The third-order valence-corrected chi connectivity index (χ3v) is 7.78. The SMILES string of the molecule is O=C(NCC(c1cccs1)N1CCOCC1)C(=O)NCC(c1cccs1)N1CCOCC1. The summed E-state index contributed by atoms with van der Waals surface area (Å²) in [6, 6.07) is 8.26. The lowest BCUT2D eigenvalue weighted by Crippen LogP contribution is -2.48. The lowest BCUT2D eigenvalue weighted by Gasteiger charge is -2.34. The van der Waals surface area contributed by atoms with Crippen molar-refractivity contribution in [2.75, 3.05) is 65.7 Å². The van der Waals surface area contributed by atoms with Crippen molar-refractivity contribution in [3.8, 4) is 0 Å². The molecule has 2 aliphatic rings. The van der Waals surface area contributed by atoms with Gasteiger partial charge < -0.3 is 20.1 Å². The van der Waals surface area contributed by atoms with E-state index in [4.69, 9.17) is 9.47 Å². The van der Waals surface area contributed by atoms with E-state index in [9.17, 15) is 9.59 Å². The molecule has 2 aromatic rings. The first-order valence-corrected chi connectivity index (χ1v) is 12.7. The fourth-order valence-electron chi connectivity index (χ4n) is 4.10. The zero-order valence-corrected chi connectivity index (χ0v) is 19.7. The molecule has 174 valence electrons. The van der Waals surface area contributed by atoms with Gasteiger partial charge in [-0.1, -0.05) is 12.1 Å². The number of ether oxygens (including phenoxy) is 2. The van der Waals surface area contributed by atoms with Gasteiger partial charge in [-0.3, -0.25) is 19.4 Å². The third kappa shape index (κ3) is 6.15. The maximum absolute atomic E-state index is 12.6. The lowest BCUT2D eigenvalue weighted by molar-refractivity contribution is -0.139. The highest BCUT2D eigenvalue weighted by molar-refractivity contribution is 7.10. The minimum atomic E-state index is -0.591. The van der Waals surface area contributed by atoms with Crippen LogP contribution >= 0.6 is 22.7 Å². The Morgan fingerprint density at radius 3 is 1.53 bits per heavy atom. The molecule has 8 nitrogen and oxygen atoms in total. The first-order valence-electron chi connectivity index (χ1n) is 11.0. The van der Waals surface area contributed by atoms with Gasteiger partial charge in [-0.05, 0) is 22.9 Å². The molecule has 0 radical (unpaired) electrons. The van der Waals surface area contributed by atoms with Crippen molar-refractivity contribution >= 4 is 34.5 Å². The maximum atomic E-state index is 12.6. The van der Waals surface area contributed by atoms with Crippen LogP contribution in [-0.2, 0) is 19.1 Å². The summed E-state index contributed by atoms with van der Waals surface area (Å²) in [5.41, 5.74) is 0. The second kappa shape index (κ2) is 11.9. The number of morpholine rings is 2.